The highest BCUT2D eigenvalue weighted by molar-refractivity contribution is 6.30. The van der Waals surface area contributed by atoms with Gasteiger partial charge in [-0.15, -0.1) is 0 Å². The molecule has 3 nitrogen and oxygen atoms in total. The lowest BCUT2D eigenvalue weighted by molar-refractivity contribution is -0.121. The Morgan fingerprint density at radius 2 is 2.00 bits per heavy atom. The summed E-state index contributed by atoms with van der Waals surface area (Å²) in [5.41, 5.74) is 6.05. The lowest BCUT2D eigenvalue weighted by Gasteiger charge is -2.09. The molecule has 1 atom stereocenters. The number of rotatable bonds is 1. The topological polar surface area (TPSA) is 52.3 Å². The Hall–Kier alpha value is -1.48. The van der Waals surface area contributed by atoms with Crippen molar-refractivity contribution in [2.45, 2.75) is 6.10 Å². The van der Waals surface area contributed by atoms with Gasteiger partial charge in [0.25, 0.3) is 0 Å². The normalized spacial score (nSPS) is 20.5. The first-order valence-electron chi connectivity index (χ1n) is 4.02. The molecule has 4 heteroatoms. The molecule has 0 saturated heterocycles. The van der Waals surface area contributed by atoms with Gasteiger partial charge in [0.05, 0.1) is 6.08 Å². The molecule has 0 saturated carbocycles. The van der Waals surface area contributed by atoms with Gasteiger partial charge >= 0.3 is 0 Å². The fraction of sp³-hybridized carbons (Fsp3) is 0.100. The minimum Gasteiger partial charge on any atom is -0.462 e. The second-order valence-electron chi connectivity index (χ2n) is 2.90. The van der Waals surface area contributed by atoms with Crippen LogP contribution < -0.4 is 5.73 Å². The van der Waals surface area contributed by atoms with Gasteiger partial charge in [-0.25, -0.2) is 0 Å². The Kier molecular flexibility index (Phi) is 2.17. The second-order valence-corrected chi connectivity index (χ2v) is 3.34. The third-order valence-electron chi connectivity index (χ3n) is 1.90. The van der Waals surface area contributed by atoms with Crippen molar-refractivity contribution in [1.82, 2.24) is 0 Å². The Morgan fingerprint density at radius 1 is 1.36 bits per heavy atom. The Labute approximate surface area is 86.1 Å². The van der Waals surface area contributed by atoms with Crippen molar-refractivity contribution in [3.05, 3.63) is 46.8 Å². The van der Waals surface area contributed by atoms with E-state index >= 15 is 0 Å². The van der Waals surface area contributed by atoms with Crippen molar-refractivity contribution in [1.29, 1.82) is 0 Å². The first kappa shape index (κ1) is 9.09. The SMILES string of the molecule is NC1=[C]C(=O)C(c2ccc(Cl)cc2)O1. The number of carbonyl (C=O) groups is 1. The lowest BCUT2D eigenvalue weighted by Crippen LogP contribution is -2.07. The van der Waals surface area contributed by atoms with E-state index in [0.29, 0.717) is 5.02 Å². The summed E-state index contributed by atoms with van der Waals surface area (Å²) in [5, 5.41) is 0.615. The summed E-state index contributed by atoms with van der Waals surface area (Å²) in [5.74, 6) is -0.222. The van der Waals surface area contributed by atoms with Gasteiger partial charge in [0, 0.05) is 10.6 Å². The molecular formula is C10H7ClNO2. The van der Waals surface area contributed by atoms with Crippen LogP contribution in [0.3, 0.4) is 0 Å². The first-order chi connectivity index (χ1) is 6.66. The minimum absolute atomic E-state index is 0.0370. The maximum atomic E-state index is 11.3. The highest BCUT2D eigenvalue weighted by atomic mass is 35.5. The first-order valence-corrected chi connectivity index (χ1v) is 4.40. The molecule has 1 unspecified atom stereocenters. The van der Waals surface area contributed by atoms with Gasteiger partial charge in [0.2, 0.25) is 5.78 Å². The molecule has 1 aromatic rings. The van der Waals surface area contributed by atoms with Crippen LogP contribution in [0.4, 0.5) is 0 Å². The number of halogens is 1. The van der Waals surface area contributed by atoms with Gasteiger partial charge in [0.15, 0.2) is 12.0 Å². The van der Waals surface area contributed by atoms with E-state index in [0.717, 1.165) is 5.56 Å². The molecular weight excluding hydrogens is 202 g/mol. The third-order valence-corrected chi connectivity index (χ3v) is 2.15. The fourth-order valence-electron chi connectivity index (χ4n) is 1.25. The van der Waals surface area contributed by atoms with Crippen LogP contribution >= 0.6 is 11.6 Å². The van der Waals surface area contributed by atoms with Crippen molar-refractivity contribution < 1.29 is 9.53 Å². The number of nitrogens with two attached hydrogens (primary N) is 1. The summed E-state index contributed by atoms with van der Waals surface area (Å²) in [7, 11) is 0. The van der Waals surface area contributed by atoms with Crippen molar-refractivity contribution in [3.8, 4) is 0 Å². The van der Waals surface area contributed by atoms with Crippen LogP contribution in [0.15, 0.2) is 30.1 Å². The van der Waals surface area contributed by atoms with Gasteiger partial charge < -0.3 is 10.5 Å². The number of ether oxygens (including phenoxy) is 1. The molecule has 0 amide bonds. The van der Waals surface area contributed by atoms with Crippen LogP contribution in [0.5, 0.6) is 0 Å². The molecule has 0 spiro atoms. The van der Waals surface area contributed by atoms with E-state index in [9.17, 15) is 4.79 Å². The van der Waals surface area contributed by atoms with Crippen molar-refractivity contribution in [2.24, 2.45) is 5.73 Å². The molecule has 0 aromatic heterocycles. The Bertz CT molecular complexity index is 397. The molecule has 0 bridgehead atoms. The second kappa shape index (κ2) is 3.35. The quantitative estimate of drug-likeness (QED) is 0.763. The van der Waals surface area contributed by atoms with Crippen LogP contribution in [0.2, 0.25) is 5.02 Å². The Morgan fingerprint density at radius 3 is 2.50 bits per heavy atom. The summed E-state index contributed by atoms with van der Waals surface area (Å²) >= 11 is 5.71. The van der Waals surface area contributed by atoms with E-state index in [1.165, 1.54) is 0 Å². The summed E-state index contributed by atoms with van der Waals surface area (Å²) in [6.07, 6.45) is 1.72. The van der Waals surface area contributed by atoms with E-state index in [4.69, 9.17) is 22.1 Å². The zero-order valence-corrected chi connectivity index (χ0v) is 7.91. The smallest absolute Gasteiger partial charge is 0.214 e. The number of hydrogen-bond donors (Lipinski definition) is 1. The summed E-state index contributed by atoms with van der Waals surface area (Å²) in [6, 6.07) is 6.85. The van der Waals surface area contributed by atoms with Crippen LogP contribution in [-0.4, -0.2) is 5.78 Å². The van der Waals surface area contributed by atoms with Crippen molar-refractivity contribution >= 4 is 17.4 Å². The molecule has 1 aliphatic heterocycles. The summed E-state index contributed by atoms with van der Waals surface area (Å²) in [6.45, 7) is 0. The highest BCUT2D eigenvalue weighted by Gasteiger charge is 2.27. The predicted octanol–water partition coefficient (Wildman–Crippen LogP) is 1.58. The van der Waals surface area contributed by atoms with E-state index in [2.05, 4.69) is 6.08 Å². The largest absolute Gasteiger partial charge is 0.462 e. The third kappa shape index (κ3) is 1.59. The predicted molar refractivity (Wildman–Crippen MR) is 51.2 cm³/mol. The number of Topliss-reactive ketones (excluding diaryl/α,β-unsaturated/α-hetero) is 1. The lowest BCUT2D eigenvalue weighted by atomic mass is 10.1. The van der Waals surface area contributed by atoms with E-state index in [1.807, 2.05) is 0 Å². The molecule has 0 aliphatic carbocycles. The highest BCUT2D eigenvalue weighted by Crippen LogP contribution is 2.26. The molecule has 14 heavy (non-hydrogen) atoms. The van der Waals surface area contributed by atoms with Gasteiger partial charge in [-0.05, 0) is 12.1 Å². The van der Waals surface area contributed by atoms with Crippen LogP contribution in [-0.2, 0) is 9.53 Å². The van der Waals surface area contributed by atoms with E-state index in [1.54, 1.807) is 24.3 Å². The molecule has 1 aromatic carbocycles. The summed E-state index contributed by atoms with van der Waals surface area (Å²) < 4.78 is 5.09. The van der Waals surface area contributed by atoms with Gasteiger partial charge in [0.1, 0.15) is 0 Å². The molecule has 2 rings (SSSR count). The van der Waals surface area contributed by atoms with Crippen molar-refractivity contribution in [3.63, 3.8) is 0 Å². The average molecular weight is 209 g/mol. The molecule has 71 valence electrons. The van der Waals surface area contributed by atoms with E-state index < -0.39 is 6.10 Å². The van der Waals surface area contributed by atoms with Gasteiger partial charge in [-0.2, -0.15) is 0 Å². The van der Waals surface area contributed by atoms with Crippen molar-refractivity contribution in [2.75, 3.05) is 0 Å². The van der Waals surface area contributed by atoms with Gasteiger partial charge in [-0.1, -0.05) is 23.7 Å². The number of carbonyl (C=O) groups excluding carboxylic acids is 1. The van der Waals surface area contributed by atoms with Crippen LogP contribution in [0, 0.1) is 6.08 Å². The number of benzene rings is 1. The molecule has 1 aliphatic rings. The zero-order valence-electron chi connectivity index (χ0n) is 7.16. The standard InChI is InChI=1S/C10H7ClNO2/c11-7-3-1-6(2-4-7)10-8(13)5-9(12)14-10/h1-4,10H,12H2. The molecule has 1 heterocycles. The maximum absolute atomic E-state index is 11.3. The minimum atomic E-state index is -0.660. The Balaban J connectivity index is 2.26. The van der Waals surface area contributed by atoms with E-state index in [-0.39, 0.29) is 11.7 Å². The monoisotopic (exact) mass is 208 g/mol. The fourth-order valence-corrected chi connectivity index (χ4v) is 1.38. The average Bonchev–Trinajstić information content (AvgIpc) is 2.47. The number of ketones is 1. The molecule has 2 N–H and O–H groups in total. The molecule has 1 radical (unpaired) electrons. The molecule has 0 fully saturated rings. The maximum Gasteiger partial charge on any atom is 0.214 e. The van der Waals surface area contributed by atoms with Crippen LogP contribution in [0.25, 0.3) is 0 Å². The number of hydrogen-bond acceptors (Lipinski definition) is 3. The van der Waals surface area contributed by atoms with Crippen LogP contribution in [0.1, 0.15) is 11.7 Å². The van der Waals surface area contributed by atoms with Gasteiger partial charge in [-0.3, -0.25) is 4.79 Å². The zero-order chi connectivity index (χ0) is 10.1. The summed E-state index contributed by atoms with van der Waals surface area (Å²) in [4.78, 5) is 11.3.